The van der Waals surface area contributed by atoms with Gasteiger partial charge in [-0.1, -0.05) is 79.8 Å². The monoisotopic (exact) mass is 430 g/mol. The summed E-state index contributed by atoms with van der Waals surface area (Å²) >= 11 is 1.53. The summed E-state index contributed by atoms with van der Waals surface area (Å²) in [6, 6.07) is 24.2. The van der Waals surface area contributed by atoms with Crippen LogP contribution in [0.3, 0.4) is 0 Å². The van der Waals surface area contributed by atoms with E-state index in [1.807, 2.05) is 48.5 Å². The second-order valence-electron chi connectivity index (χ2n) is 7.87. The first-order chi connectivity index (χ1) is 15.0. The number of carbonyl (C=O) groups is 1. The molecule has 4 rings (SSSR count). The predicted molar refractivity (Wildman–Crippen MR) is 128 cm³/mol. The van der Waals surface area contributed by atoms with Gasteiger partial charge in [-0.15, -0.1) is 0 Å². The molecule has 0 aliphatic heterocycles. The first-order valence-corrected chi connectivity index (χ1v) is 11.2. The lowest BCUT2D eigenvalue weighted by Gasteiger charge is -2.20. The maximum absolute atomic E-state index is 13.4. The SMILES string of the molecule is COc1ccc2sc(N(Cc3ccccc3)C(=O)Cc3ccc(C(C)C)cc3)nc2c1. The Kier molecular flexibility index (Phi) is 6.33. The van der Waals surface area contributed by atoms with Crippen LogP contribution in [0.15, 0.2) is 72.8 Å². The topological polar surface area (TPSA) is 42.4 Å². The minimum atomic E-state index is 0.0344. The quantitative estimate of drug-likeness (QED) is 0.350. The van der Waals surface area contributed by atoms with Crippen molar-refractivity contribution in [1.82, 2.24) is 4.98 Å². The lowest BCUT2D eigenvalue weighted by molar-refractivity contribution is -0.118. The van der Waals surface area contributed by atoms with E-state index < -0.39 is 0 Å². The number of hydrogen-bond acceptors (Lipinski definition) is 4. The van der Waals surface area contributed by atoms with Gasteiger partial charge in [0, 0.05) is 6.07 Å². The number of aromatic nitrogens is 1. The van der Waals surface area contributed by atoms with Gasteiger partial charge >= 0.3 is 0 Å². The third kappa shape index (κ3) is 4.94. The third-order valence-electron chi connectivity index (χ3n) is 5.30. The average Bonchev–Trinajstić information content (AvgIpc) is 3.21. The minimum Gasteiger partial charge on any atom is -0.497 e. The maximum atomic E-state index is 13.4. The number of amides is 1. The van der Waals surface area contributed by atoms with E-state index in [1.54, 1.807) is 12.0 Å². The van der Waals surface area contributed by atoms with E-state index in [0.717, 1.165) is 27.1 Å². The number of methoxy groups -OCH3 is 1. The predicted octanol–water partition coefficient (Wildman–Crippen LogP) is 6.20. The molecule has 0 N–H and O–H groups in total. The molecule has 5 heteroatoms. The molecular weight excluding hydrogens is 404 g/mol. The van der Waals surface area contributed by atoms with Gasteiger partial charge in [-0.05, 0) is 34.7 Å². The van der Waals surface area contributed by atoms with E-state index in [2.05, 4.69) is 38.1 Å². The van der Waals surface area contributed by atoms with Crippen molar-refractivity contribution < 1.29 is 9.53 Å². The van der Waals surface area contributed by atoms with Gasteiger partial charge in [-0.3, -0.25) is 9.69 Å². The van der Waals surface area contributed by atoms with Crippen LogP contribution in [0.25, 0.3) is 10.2 Å². The van der Waals surface area contributed by atoms with Crippen molar-refractivity contribution in [3.63, 3.8) is 0 Å². The highest BCUT2D eigenvalue weighted by Crippen LogP contribution is 2.32. The molecule has 4 nitrogen and oxygen atoms in total. The summed E-state index contributed by atoms with van der Waals surface area (Å²) < 4.78 is 6.36. The Labute approximate surface area is 187 Å². The highest BCUT2D eigenvalue weighted by molar-refractivity contribution is 7.22. The standard InChI is InChI=1S/C26H26N2O2S/c1-18(2)21-11-9-19(10-12-21)15-25(29)28(17-20-7-5-4-6-8-20)26-27-23-16-22(30-3)13-14-24(23)31-26/h4-14,16,18H,15,17H2,1-3H3. The number of nitrogens with zero attached hydrogens (tertiary/aromatic N) is 2. The Balaban J connectivity index is 1.64. The molecule has 0 spiro atoms. The highest BCUT2D eigenvalue weighted by Gasteiger charge is 2.21. The van der Waals surface area contributed by atoms with Crippen molar-refractivity contribution >= 4 is 32.6 Å². The molecule has 0 unspecified atom stereocenters. The molecule has 158 valence electrons. The number of thiazole rings is 1. The number of ether oxygens (including phenoxy) is 1. The van der Waals surface area contributed by atoms with Gasteiger partial charge in [0.15, 0.2) is 5.13 Å². The molecule has 1 amide bonds. The molecular formula is C26H26N2O2S. The van der Waals surface area contributed by atoms with Crippen molar-refractivity contribution in [3.8, 4) is 5.75 Å². The van der Waals surface area contributed by atoms with Crippen LogP contribution in [0.2, 0.25) is 0 Å². The van der Waals surface area contributed by atoms with Crippen LogP contribution in [0.1, 0.15) is 36.5 Å². The summed E-state index contributed by atoms with van der Waals surface area (Å²) in [7, 11) is 1.64. The van der Waals surface area contributed by atoms with E-state index in [4.69, 9.17) is 9.72 Å². The van der Waals surface area contributed by atoms with Gasteiger partial charge in [0.05, 0.1) is 30.3 Å². The number of hydrogen-bond donors (Lipinski definition) is 0. The second-order valence-corrected chi connectivity index (χ2v) is 8.88. The molecule has 1 aromatic heterocycles. The van der Waals surface area contributed by atoms with Crippen LogP contribution >= 0.6 is 11.3 Å². The molecule has 31 heavy (non-hydrogen) atoms. The summed E-state index contributed by atoms with van der Waals surface area (Å²) in [6.07, 6.45) is 0.338. The lowest BCUT2D eigenvalue weighted by atomic mass is 10.0. The molecule has 0 saturated carbocycles. The molecule has 0 bridgehead atoms. The van der Waals surface area contributed by atoms with Gasteiger partial charge in [-0.25, -0.2) is 4.98 Å². The Morgan fingerprint density at radius 3 is 2.42 bits per heavy atom. The third-order valence-corrected chi connectivity index (χ3v) is 6.36. The molecule has 3 aromatic carbocycles. The van der Waals surface area contributed by atoms with Crippen LogP contribution < -0.4 is 9.64 Å². The van der Waals surface area contributed by atoms with Crippen molar-refractivity contribution in [2.24, 2.45) is 0 Å². The molecule has 0 atom stereocenters. The fourth-order valence-electron chi connectivity index (χ4n) is 3.46. The van der Waals surface area contributed by atoms with E-state index in [1.165, 1.54) is 16.9 Å². The maximum Gasteiger partial charge on any atom is 0.233 e. The van der Waals surface area contributed by atoms with Gasteiger partial charge in [0.2, 0.25) is 5.91 Å². The van der Waals surface area contributed by atoms with E-state index >= 15 is 0 Å². The number of carbonyl (C=O) groups excluding carboxylic acids is 1. The zero-order valence-electron chi connectivity index (χ0n) is 18.0. The largest absolute Gasteiger partial charge is 0.497 e. The smallest absolute Gasteiger partial charge is 0.233 e. The van der Waals surface area contributed by atoms with Crippen LogP contribution in [-0.2, 0) is 17.8 Å². The molecule has 0 aliphatic rings. The molecule has 1 heterocycles. The number of benzene rings is 3. The zero-order valence-corrected chi connectivity index (χ0v) is 18.9. The molecule has 0 aliphatic carbocycles. The van der Waals surface area contributed by atoms with Crippen LogP contribution in [-0.4, -0.2) is 18.0 Å². The molecule has 4 aromatic rings. The fourth-order valence-corrected chi connectivity index (χ4v) is 4.42. The zero-order chi connectivity index (χ0) is 21.8. The fraction of sp³-hybridized carbons (Fsp3) is 0.231. The second kappa shape index (κ2) is 9.31. The van der Waals surface area contributed by atoms with Crippen LogP contribution in [0, 0.1) is 0 Å². The normalized spacial score (nSPS) is 11.1. The summed E-state index contributed by atoms with van der Waals surface area (Å²) in [4.78, 5) is 20.0. The van der Waals surface area contributed by atoms with E-state index in [0.29, 0.717) is 24.0 Å². The van der Waals surface area contributed by atoms with Crippen LogP contribution in [0.4, 0.5) is 5.13 Å². The van der Waals surface area contributed by atoms with Crippen LogP contribution in [0.5, 0.6) is 5.75 Å². The summed E-state index contributed by atoms with van der Waals surface area (Å²) in [5.74, 6) is 1.27. The molecule has 0 fully saturated rings. The summed E-state index contributed by atoms with van der Waals surface area (Å²) in [5.41, 5.74) is 4.20. The molecule has 0 saturated heterocycles. The van der Waals surface area contributed by atoms with E-state index in [-0.39, 0.29) is 5.91 Å². The number of anilines is 1. The van der Waals surface area contributed by atoms with Crippen molar-refractivity contribution in [2.75, 3.05) is 12.0 Å². The van der Waals surface area contributed by atoms with Crippen molar-refractivity contribution in [1.29, 1.82) is 0 Å². The van der Waals surface area contributed by atoms with E-state index in [9.17, 15) is 4.79 Å². The van der Waals surface area contributed by atoms with Gasteiger partial charge in [0.1, 0.15) is 5.75 Å². The number of fused-ring (bicyclic) bond motifs is 1. The van der Waals surface area contributed by atoms with Gasteiger partial charge < -0.3 is 4.74 Å². The van der Waals surface area contributed by atoms with Crippen molar-refractivity contribution in [2.45, 2.75) is 32.7 Å². The highest BCUT2D eigenvalue weighted by atomic mass is 32.1. The lowest BCUT2D eigenvalue weighted by Crippen LogP contribution is -2.31. The minimum absolute atomic E-state index is 0.0344. The summed E-state index contributed by atoms with van der Waals surface area (Å²) in [5, 5.41) is 0.705. The first kappa shape index (κ1) is 21.1. The molecule has 0 radical (unpaired) electrons. The first-order valence-electron chi connectivity index (χ1n) is 10.4. The van der Waals surface area contributed by atoms with Gasteiger partial charge in [-0.2, -0.15) is 0 Å². The average molecular weight is 431 g/mol. The Morgan fingerprint density at radius 2 is 1.74 bits per heavy atom. The Morgan fingerprint density at radius 1 is 1.00 bits per heavy atom. The summed E-state index contributed by atoms with van der Waals surface area (Å²) in [6.45, 7) is 4.83. The Hall–Kier alpha value is -3.18. The number of rotatable bonds is 7. The van der Waals surface area contributed by atoms with Crippen molar-refractivity contribution in [3.05, 3.63) is 89.5 Å². The van der Waals surface area contributed by atoms with Gasteiger partial charge in [0.25, 0.3) is 0 Å². The Bertz CT molecular complexity index is 1170.